The second-order valence-electron chi connectivity index (χ2n) is 9.05. The van der Waals surface area contributed by atoms with Gasteiger partial charge in [0.15, 0.2) is 5.82 Å². The third kappa shape index (κ3) is 5.52. The van der Waals surface area contributed by atoms with E-state index in [4.69, 9.17) is 5.10 Å². The van der Waals surface area contributed by atoms with Crippen LogP contribution in [-0.4, -0.2) is 30.1 Å². The van der Waals surface area contributed by atoms with E-state index in [-0.39, 0.29) is 11.4 Å². The Labute approximate surface area is 238 Å². The Morgan fingerprint density at radius 1 is 0.950 bits per heavy atom. The first-order valence-corrected chi connectivity index (χ1v) is 14.6. The summed E-state index contributed by atoms with van der Waals surface area (Å²) in [7, 11) is 0. The van der Waals surface area contributed by atoms with Crippen LogP contribution in [0, 0.1) is 5.82 Å². The Hall–Kier alpha value is -4.34. The Balaban J connectivity index is 1.37. The minimum Gasteiger partial charge on any atom is -0.266 e. The number of fused-ring (bicyclic) bond motifs is 1. The van der Waals surface area contributed by atoms with Gasteiger partial charge in [-0.15, -0.1) is 16.9 Å². The molecule has 0 spiro atoms. The van der Waals surface area contributed by atoms with Gasteiger partial charge in [-0.05, 0) is 66.3 Å². The highest BCUT2D eigenvalue weighted by atomic mass is 32.2. The van der Waals surface area contributed by atoms with E-state index >= 15 is 0 Å². The summed E-state index contributed by atoms with van der Waals surface area (Å²) in [5.74, 6) is 1.20. The van der Waals surface area contributed by atoms with Crippen LogP contribution in [0.2, 0.25) is 0 Å². The zero-order valence-corrected chi connectivity index (χ0v) is 23.2. The molecular formula is C31H24FN5OS2. The Morgan fingerprint density at radius 3 is 2.45 bits per heavy atom. The maximum absolute atomic E-state index is 13.3. The summed E-state index contributed by atoms with van der Waals surface area (Å²) in [4.78, 5) is 19.5. The fourth-order valence-electron chi connectivity index (χ4n) is 4.16. The molecule has 0 unspecified atom stereocenters. The van der Waals surface area contributed by atoms with Crippen molar-refractivity contribution in [3.8, 4) is 16.9 Å². The van der Waals surface area contributed by atoms with Crippen LogP contribution in [-0.2, 0) is 0 Å². The lowest BCUT2D eigenvalue weighted by Crippen LogP contribution is -2.23. The van der Waals surface area contributed by atoms with Crippen LogP contribution >= 0.6 is 23.1 Å². The minimum atomic E-state index is -0.294. The van der Waals surface area contributed by atoms with Gasteiger partial charge in [-0.25, -0.2) is 9.07 Å². The van der Waals surface area contributed by atoms with E-state index in [1.54, 1.807) is 24.3 Å². The van der Waals surface area contributed by atoms with Crippen LogP contribution in [0.3, 0.4) is 0 Å². The average Bonchev–Trinajstić information content (AvgIpc) is 3.67. The largest absolute Gasteiger partial charge is 0.291 e. The van der Waals surface area contributed by atoms with Gasteiger partial charge in [0.1, 0.15) is 5.82 Å². The van der Waals surface area contributed by atoms with Crippen LogP contribution in [0.1, 0.15) is 30.3 Å². The Morgan fingerprint density at radius 2 is 1.73 bits per heavy atom. The molecule has 0 atom stereocenters. The average molecular weight is 566 g/mol. The van der Waals surface area contributed by atoms with Crippen molar-refractivity contribution in [2.75, 3.05) is 5.75 Å². The molecule has 0 fully saturated rings. The van der Waals surface area contributed by atoms with E-state index in [1.165, 1.54) is 32.9 Å². The zero-order chi connectivity index (χ0) is 27.5. The Kier molecular flexibility index (Phi) is 7.39. The van der Waals surface area contributed by atoms with Crippen molar-refractivity contribution < 1.29 is 4.39 Å². The topological polar surface area (TPSA) is 65.1 Å². The highest BCUT2D eigenvalue weighted by Crippen LogP contribution is 2.27. The van der Waals surface area contributed by atoms with Crippen molar-refractivity contribution in [1.29, 1.82) is 0 Å². The van der Waals surface area contributed by atoms with Crippen LogP contribution < -0.4 is 10.1 Å². The quantitative estimate of drug-likeness (QED) is 0.201. The van der Waals surface area contributed by atoms with Crippen molar-refractivity contribution in [2.24, 2.45) is 0 Å². The van der Waals surface area contributed by atoms with Gasteiger partial charge >= 0.3 is 0 Å². The number of rotatable bonds is 8. The molecule has 198 valence electrons. The maximum Gasteiger partial charge on any atom is 0.291 e. The SMILES string of the molecule is CCCSc1ccc(-c2nn(-c3ccccc3)cc2/C=c2\sc3nc(/C=C/c4ccc(F)cc4)nn3c2=O)cc1. The molecule has 3 aromatic heterocycles. The van der Waals surface area contributed by atoms with Gasteiger partial charge in [-0.1, -0.05) is 66.8 Å². The summed E-state index contributed by atoms with van der Waals surface area (Å²) in [5.41, 5.74) is 4.10. The van der Waals surface area contributed by atoms with E-state index < -0.39 is 0 Å². The first-order chi connectivity index (χ1) is 19.6. The number of para-hydroxylation sites is 1. The fraction of sp³-hybridized carbons (Fsp3) is 0.0968. The predicted molar refractivity (Wildman–Crippen MR) is 161 cm³/mol. The van der Waals surface area contributed by atoms with Gasteiger partial charge in [0.05, 0.1) is 15.9 Å². The monoisotopic (exact) mass is 565 g/mol. The minimum absolute atomic E-state index is 0.237. The summed E-state index contributed by atoms with van der Waals surface area (Å²) in [6, 6.07) is 24.4. The maximum atomic E-state index is 13.3. The molecule has 40 heavy (non-hydrogen) atoms. The van der Waals surface area contributed by atoms with E-state index in [9.17, 15) is 9.18 Å². The first-order valence-electron chi connectivity index (χ1n) is 12.8. The van der Waals surface area contributed by atoms with Gasteiger partial charge in [-0.3, -0.25) is 4.79 Å². The van der Waals surface area contributed by atoms with Crippen LogP contribution in [0.25, 0.3) is 40.1 Å². The van der Waals surface area contributed by atoms with Gasteiger partial charge in [-0.2, -0.15) is 14.6 Å². The number of aromatic nitrogens is 5. The number of hydrogen-bond acceptors (Lipinski definition) is 6. The van der Waals surface area contributed by atoms with Crippen molar-refractivity contribution in [2.45, 2.75) is 18.2 Å². The molecule has 0 amide bonds. The standard InChI is InChI=1S/C31H24FN5OS2/c1-2-18-39-26-15-11-22(12-16-26)29-23(20-36(35-29)25-6-4-3-5-7-25)19-27-30(38)37-31(40-27)33-28(34-37)17-10-21-8-13-24(32)14-9-21/h3-17,19-20H,2,18H2,1H3/b17-10+,27-19-. The first kappa shape index (κ1) is 25.9. The molecule has 0 aliphatic rings. The highest BCUT2D eigenvalue weighted by molar-refractivity contribution is 7.99. The fourth-order valence-corrected chi connectivity index (χ4v) is 5.84. The van der Waals surface area contributed by atoms with E-state index in [0.29, 0.717) is 15.3 Å². The second-order valence-corrected chi connectivity index (χ2v) is 11.2. The lowest BCUT2D eigenvalue weighted by molar-refractivity contribution is 0.628. The summed E-state index contributed by atoms with van der Waals surface area (Å²) in [6.07, 6.45) is 8.41. The molecule has 0 aliphatic heterocycles. The molecule has 6 nitrogen and oxygen atoms in total. The lowest BCUT2D eigenvalue weighted by atomic mass is 10.1. The molecular weight excluding hydrogens is 542 g/mol. The number of thiazole rings is 1. The van der Waals surface area contributed by atoms with Gasteiger partial charge < -0.3 is 0 Å². The second kappa shape index (κ2) is 11.4. The van der Waals surface area contributed by atoms with Gasteiger partial charge in [0, 0.05) is 22.2 Å². The van der Waals surface area contributed by atoms with Crippen LogP contribution in [0.5, 0.6) is 0 Å². The predicted octanol–water partition coefficient (Wildman–Crippen LogP) is 6.36. The molecule has 0 N–H and O–H groups in total. The van der Waals surface area contributed by atoms with Crippen molar-refractivity contribution in [3.63, 3.8) is 0 Å². The summed E-state index contributed by atoms with van der Waals surface area (Å²) >= 11 is 3.11. The summed E-state index contributed by atoms with van der Waals surface area (Å²) in [5, 5.41) is 9.27. The van der Waals surface area contributed by atoms with Crippen LogP contribution in [0.4, 0.5) is 4.39 Å². The number of halogens is 1. The lowest BCUT2D eigenvalue weighted by Gasteiger charge is -2.03. The smallest absolute Gasteiger partial charge is 0.266 e. The van der Waals surface area contributed by atoms with Crippen molar-refractivity contribution in [1.82, 2.24) is 24.4 Å². The normalized spacial score (nSPS) is 12.2. The van der Waals surface area contributed by atoms with Gasteiger partial charge in [0.2, 0.25) is 4.96 Å². The summed E-state index contributed by atoms with van der Waals surface area (Å²) < 4.78 is 16.8. The molecule has 9 heteroatoms. The summed E-state index contributed by atoms with van der Waals surface area (Å²) in [6.45, 7) is 2.17. The molecule has 0 aliphatic carbocycles. The van der Waals surface area contributed by atoms with E-state index in [2.05, 4.69) is 41.3 Å². The number of thioether (sulfide) groups is 1. The number of nitrogens with zero attached hydrogens (tertiary/aromatic N) is 5. The molecule has 0 radical (unpaired) electrons. The third-order valence-corrected chi connectivity index (χ3v) is 8.32. The van der Waals surface area contributed by atoms with E-state index in [0.717, 1.165) is 40.2 Å². The third-order valence-electron chi connectivity index (χ3n) is 6.14. The zero-order valence-electron chi connectivity index (χ0n) is 21.6. The van der Waals surface area contributed by atoms with Crippen LogP contribution in [0.15, 0.2) is 94.7 Å². The van der Waals surface area contributed by atoms with Crippen molar-refractivity contribution in [3.05, 3.63) is 123 Å². The highest BCUT2D eigenvalue weighted by Gasteiger charge is 2.14. The van der Waals surface area contributed by atoms with Gasteiger partial charge in [0.25, 0.3) is 5.56 Å². The molecule has 3 heterocycles. The molecule has 6 rings (SSSR count). The van der Waals surface area contributed by atoms with Crippen molar-refractivity contribution >= 4 is 46.3 Å². The number of benzene rings is 3. The number of hydrogen-bond donors (Lipinski definition) is 0. The molecule has 0 bridgehead atoms. The van der Waals surface area contributed by atoms with E-state index in [1.807, 2.05) is 59.0 Å². The molecule has 0 saturated heterocycles. The molecule has 3 aromatic carbocycles. The molecule has 6 aromatic rings. The molecule has 0 saturated carbocycles. The Bertz CT molecular complexity index is 1910.